The van der Waals surface area contributed by atoms with E-state index in [0.717, 1.165) is 5.70 Å². The van der Waals surface area contributed by atoms with Crippen LogP contribution < -0.4 is 5.32 Å². The Bertz CT molecular complexity index is 271. The fourth-order valence-electron chi connectivity index (χ4n) is 1.04. The minimum atomic E-state index is -0.562. The van der Waals surface area contributed by atoms with Gasteiger partial charge in [0.25, 0.3) is 0 Å². The van der Waals surface area contributed by atoms with Gasteiger partial charge in [-0.3, -0.25) is 0 Å². The minimum absolute atomic E-state index is 0.320. The molecule has 0 spiro atoms. The van der Waals surface area contributed by atoms with Gasteiger partial charge >= 0.3 is 5.97 Å². The molecular formula is C9H11NO2. The number of nitrogens with one attached hydrogen (secondary N) is 1. The highest BCUT2D eigenvalue weighted by atomic mass is 16.6. The molecule has 3 heteroatoms. The maximum absolute atomic E-state index is 10.8. The van der Waals surface area contributed by atoms with E-state index in [4.69, 9.17) is 11.2 Å². The molecule has 0 saturated heterocycles. The van der Waals surface area contributed by atoms with E-state index in [1.807, 2.05) is 13.8 Å². The average molecular weight is 165 g/mol. The summed E-state index contributed by atoms with van der Waals surface area (Å²) in [6, 6.07) is 0. The number of carbonyl (C=O) groups excluding carboxylic acids is 1. The zero-order valence-electron chi connectivity index (χ0n) is 7.18. The predicted molar refractivity (Wildman–Crippen MR) is 45.1 cm³/mol. The van der Waals surface area contributed by atoms with Gasteiger partial charge in [0.15, 0.2) is 0 Å². The standard InChI is InChI=1S/C9H11NO2/c1-4-5-10-7-6-8(11)12-9(7,2)3/h1,6,10H,5H2,2-3H3. The Morgan fingerprint density at radius 1 is 1.75 bits per heavy atom. The summed E-state index contributed by atoms with van der Waals surface area (Å²) < 4.78 is 5.00. The fraction of sp³-hybridized carbons (Fsp3) is 0.444. The molecule has 0 aliphatic carbocycles. The Morgan fingerprint density at radius 3 is 2.83 bits per heavy atom. The van der Waals surface area contributed by atoms with Crippen LogP contribution in [0.5, 0.6) is 0 Å². The summed E-state index contributed by atoms with van der Waals surface area (Å²) in [5.41, 5.74) is 0.180. The highest BCUT2D eigenvalue weighted by Gasteiger charge is 2.33. The second-order valence-corrected chi connectivity index (χ2v) is 3.05. The van der Waals surface area contributed by atoms with Crippen LogP contribution in [0.4, 0.5) is 0 Å². The van der Waals surface area contributed by atoms with Gasteiger partial charge in [-0.15, -0.1) is 6.42 Å². The molecule has 0 saturated carbocycles. The largest absolute Gasteiger partial charge is 0.450 e. The summed E-state index contributed by atoms with van der Waals surface area (Å²) in [6.07, 6.45) is 6.49. The monoisotopic (exact) mass is 165 g/mol. The molecule has 1 aliphatic heterocycles. The van der Waals surface area contributed by atoms with Crippen LogP contribution in [0.25, 0.3) is 0 Å². The lowest BCUT2D eigenvalue weighted by atomic mass is 10.1. The molecule has 1 rings (SSSR count). The van der Waals surface area contributed by atoms with Gasteiger partial charge in [-0.25, -0.2) is 4.79 Å². The molecule has 0 unspecified atom stereocenters. The smallest absolute Gasteiger partial charge is 0.333 e. The van der Waals surface area contributed by atoms with Gasteiger partial charge in [-0.2, -0.15) is 0 Å². The van der Waals surface area contributed by atoms with Crippen LogP contribution in [0.15, 0.2) is 11.8 Å². The van der Waals surface area contributed by atoms with Crippen molar-refractivity contribution >= 4 is 5.97 Å². The van der Waals surface area contributed by atoms with Crippen LogP contribution in [0.1, 0.15) is 13.8 Å². The van der Waals surface area contributed by atoms with Crippen LogP contribution in [0.3, 0.4) is 0 Å². The summed E-state index contributed by atoms with van der Waals surface area (Å²) in [7, 11) is 0. The molecule has 0 bridgehead atoms. The first kappa shape index (κ1) is 8.66. The topological polar surface area (TPSA) is 38.3 Å². The van der Waals surface area contributed by atoms with Crippen molar-refractivity contribution in [3.63, 3.8) is 0 Å². The predicted octanol–water partition coefficient (Wildman–Crippen LogP) is 0.428. The molecule has 0 aromatic carbocycles. The van der Waals surface area contributed by atoms with Crippen molar-refractivity contribution in [2.75, 3.05) is 6.54 Å². The molecule has 1 aliphatic rings. The van der Waals surface area contributed by atoms with Crippen LogP contribution in [-0.4, -0.2) is 18.1 Å². The maximum Gasteiger partial charge on any atom is 0.333 e. The quantitative estimate of drug-likeness (QED) is 0.476. The number of cyclic esters (lactones) is 1. The lowest BCUT2D eigenvalue weighted by molar-refractivity contribution is -0.143. The van der Waals surface area contributed by atoms with Gasteiger partial charge in [-0.1, -0.05) is 5.92 Å². The normalized spacial score (nSPS) is 19.4. The summed E-state index contributed by atoms with van der Waals surface area (Å²) in [4.78, 5) is 10.8. The van der Waals surface area contributed by atoms with Crippen molar-refractivity contribution in [1.82, 2.24) is 5.32 Å². The Balaban J connectivity index is 2.69. The van der Waals surface area contributed by atoms with Crippen molar-refractivity contribution < 1.29 is 9.53 Å². The fourth-order valence-corrected chi connectivity index (χ4v) is 1.04. The van der Waals surface area contributed by atoms with E-state index in [-0.39, 0.29) is 5.97 Å². The zero-order valence-corrected chi connectivity index (χ0v) is 7.18. The van der Waals surface area contributed by atoms with E-state index in [1.54, 1.807) is 0 Å². The molecule has 0 aromatic heterocycles. The molecule has 0 amide bonds. The maximum atomic E-state index is 10.8. The number of hydrogen-bond acceptors (Lipinski definition) is 3. The Morgan fingerprint density at radius 2 is 2.42 bits per heavy atom. The summed E-state index contributed by atoms with van der Waals surface area (Å²) in [5.74, 6) is 2.11. The first-order valence-corrected chi connectivity index (χ1v) is 3.69. The lowest BCUT2D eigenvalue weighted by Crippen LogP contribution is -2.31. The molecule has 0 atom stereocenters. The number of esters is 1. The van der Waals surface area contributed by atoms with Crippen LogP contribution in [-0.2, 0) is 9.53 Å². The molecule has 0 aromatic rings. The third-order valence-electron chi connectivity index (χ3n) is 1.65. The van der Waals surface area contributed by atoms with Gasteiger partial charge in [-0.05, 0) is 13.8 Å². The van der Waals surface area contributed by atoms with E-state index in [0.29, 0.717) is 6.54 Å². The van der Waals surface area contributed by atoms with Crippen molar-refractivity contribution in [1.29, 1.82) is 0 Å². The summed E-state index contributed by atoms with van der Waals surface area (Å²) in [5, 5.41) is 2.93. The number of ether oxygens (including phenoxy) is 1. The van der Waals surface area contributed by atoms with E-state index in [9.17, 15) is 4.79 Å². The van der Waals surface area contributed by atoms with Gasteiger partial charge in [0.05, 0.1) is 12.2 Å². The molecule has 1 N–H and O–H groups in total. The Kier molecular flexibility index (Phi) is 2.09. The molecule has 0 fully saturated rings. The number of rotatable bonds is 2. The second-order valence-electron chi connectivity index (χ2n) is 3.05. The molecule has 12 heavy (non-hydrogen) atoms. The Labute approximate surface area is 71.8 Å². The van der Waals surface area contributed by atoms with Crippen LogP contribution >= 0.6 is 0 Å². The second kappa shape index (κ2) is 2.90. The van der Waals surface area contributed by atoms with Crippen molar-refractivity contribution in [3.05, 3.63) is 11.8 Å². The van der Waals surface area contributed by atoms with Gasteiger partial charge in [0, 0.05) is 6.08 Å². The van der Waals surface area contributed by atoms with Gasteiger partial charge in [0.2, 0.25) is 0 Å². The first-order chi connectivity index (χ1) is 5.56. The summed E-state index contributed by atoms with van der Waals surface area (Å²) in [6.45, 7) is 4.03. The van der Waals surface area contributed by atoms with Crippen molar-refractivity contribution in [3.8, 4) is 12.3 Å². The van der Waals surface area contributed by atoms with E-state index in [1.165, 1.54) is 6.08 Å². The number of terminal acetylenes is 1. The van der Waals surface area contributed by atoms with E-state index in [2.05, 4.69) is 11.2 Å². The van der Waals surface area contributed by atoms with E-state index >= 15 is 0 Å². The zero-order chi connectivity index (χ0) is 9.19. The number of carbonyl (C=O) groups is 1. The summed E-state index contributed by atoms with van der Waals surface area (Å²) >= 11 is 0. The molecule has 0 radical (unpaired) electrons. The number of hydrogen-bond donors (Lipinski definition) is 1. The van der Waals surface area contributed by atoms with E-state index < -0.39 is 5.60 Å². The highest BCUT2D eigenvalue weighted by molar-refractivity contribution is 5.86. The third-order valence-corrected chi connectivity index (χ3v) is 1.65. The molecule has 1 heterocycles. The Hall–Kier alpha value is -1.43. The van der Waals surface area contributed by atoms with Crippen LogP contribution in [0, 0.1) is 12.3 Å². The van der Waals surface area contributed by atoms with Gasteiger partial charge in [0.1, 0.15) is 5.60 Å². The average Bonchev–Trinajstić information content (AvgIpc) is 2.20. The van der Waals surface area contributed by atoms with Crippen molar-refractivity contribution in [2.24, 2.45) is 0 Å². The van der Waals surface area contributed by atoms with Crippen molar-refractivity contribution in [2.45, 2.75) is 19.4 Å². The lowest BCUT2D eigenvalue weighted by Gasteiger charge is -2.21. The highest BCUT2D eigenvalue weighted by Crippen LogP contribution is 2.24. The molecule has 64 valence electrons. The third kappa shape index (κ3) is 1.59. The molecular weight excluding hydrogens is 154 g/mol. The van der Waals surface area contributed by atoms with Crippen LogP contribution in [0.2, 0.25) is 0 Å². The first-order valence-electron chi connectivity index (χ1n) is 3.69. The molecule has 3 nitrogen and oxygen atoms in total. The van der Waals surface area contributed by atoms with Gasteiger partial charge < -0.3 is 10.1 Å². The minimum Gasteiger partial charge on any atom is -0.450 e. The SMILES string of the molecule is C#CCNC1=CC(=O)OC1(C)C.